The number of carbonyl (C=O) groups is 2. The monoisotopic (exact) mass is 425 g/mol. The van der Waals surface area contributed by atoms with Gasteiger partial charge in [0.25, 0.3) is 0 Å². The molecule has 1 aliphatic rings. The van der Waals surface area contributed by atoms with Crippen LogP contribution in [0.5, 0.6) is 17.2 Å². The van der Waals surface area contributed by atoms with Gasteiger partial charge in [0.15, 0.2) is 23.1 Å². The largest absolute Gasteiger partial charge is 0.502 e. The predicted octanol–water partition coefficient (Wildman–Crippen LogP) is 2.95. The number of carbonyl (C=O) groups excluding carboxylic acids is 2. The molecule has 4 rings (SSSR count). The quantitative estimate of drug-likeness (QED) is 0.590. The smallest absolute Gasteiger partial charge is 0.200 e. The lowest BCUT2D eigenvalue weighted by Crippen LogP contribution is -2.00. The van der Waals surface area contributed by atoms with Crippen molar-refractivity contribution >= 4 is 33.6 Å². The van der Waals surface area contributed by atoms with Crippen LogP contribution in [0.15, 0.2) is 36.5 Å². The number of Topliss-reactive ketones (excluding diaryl/α,β-unsaturated/α-hetero) is 2. The average Bonchev–Trinajstić information content (AvgIpc) is 3.24. The van der Waals surface area contributed by atoms with Gasteiger partial charge in [-0.15, -0.1) is 0 Å². The molecule has 0 saturated carbocycles. The van der Waals surface area contributed by atoms with Crippen molar-refractivity contribution in [3.8, 4) is 17.2 Å². The molecular formula is C23H20FNO6. The van der Waals surface area contributed by atoms with E-state index in [9.17, 15) is 24.2 Å². The van der Waals surface area contributed by atoms with Crippen LogP contribution < -0.4 is 9.47 Å². The summed E-state index contributed by atoms with van der Waals surface area (Å²) in [7, 11) is 2.72. The molecule has 1 aliphatic carbocycles. The maximum Gasteiger partial charge on any atom is 0.200 e. The summed E-state index contributed by atoms with van der Waals surface area (Å²) in [4.78, 5) is 25.7. The van der Waals surface area contributed by atoms with Crippen LogP contribution in [0.4, 0.5) is 4.39 Å². The van der Waals surface area contributed by atoms with Crippen molar-refractivity contribution in [2.75, 3.05) is 20.8 Å². The number of benzene rings is 2. The van der Waals surface area contributed by atoms with Gasteiger partial charge in [-0.2, -0.15) is 0 Å². The third-order valence-electron chi connectivity index (χ3n) is 5.35. The summed E-state index contributed by atoms with van der Waals surface area (Å²) in [6.07, 6.45) is 1.32. The number of phenolic OH excluding ortho intramolecular Hbond substituents is 1. The molecule has 1 aromatic heterocycles. The Hall–Kier alpha value is -3.65. The van der Waals surface area contributed by atoms with Crippen LogP contribution in [0.25, 0.3) is 22.0 Å². The first-order valence-corrected chi connectivity index (χ1v) is 9.55. The van der Waals surface area contributed by atoms with Gasteiger partial charge < -0.3 is 24.3 Å². The Balaban J connectivity index is 2.04. The van der Waals surface area contributed by atoms with Crippen LogP contribution in [-0.2, 0) is 16.1 Å². The van der Waals surface area contributed by atoms with Crippen molar-refractivity contribution in [1.29, 1.82) is 0 Å². The van der Waals surface area contributed by atoms with E-state index in [2.05, 4.69) is 0 Å². The number of aliphatic hydroxyl groups is 1. The van der Waals surface area contributed by atoms with Crippen molar-refractivity contribution in [3.63, 3.8) is 0 Å². The SMILES string of the molecule is COc1cc(C2=C(c3cn(CCO)c4ccc(F)cc34)C(=O)CC2=O)cc(OC)c1O. The number of ether oxygens (including phenoxy) is 2. The number of methoxy groups -OCH3 is 2. The Morgan fingerprint density at radius 2 is 1.68 bits per heavy atom. The van der Waals surface area contributed by atoms with E-state index in [4.69, 9.17) is 9.47 Å². The van der Waals surface area contributed by atoms with Gasteiger partial charge in [0.1, 0.15) is 5.82 Å². The molecule has 0 amide bonds. The number of hydrogen-bond acceptors (Lipinski definition) is 6. The number of fused-ring (bicyclic) bond motifs is 1. The van der Waals surface area contributed by atoms with Crippen molar-refractivity contribution in [2.24, 2.45) is 0 Å². The van der Waals surface area contributed by atoms with Gasteiger partial charge in [0.05, 0.1) is 27.2 Å². The third kappa shape index (κ3) is 3.34. The molecule has 8 heteroatoms. The average molecular weight is 425 g/mol. The Bertz CT molecular complexity index is 1230. The minimum Gasteiger partial charge on any atom is -0.502 e. The minimum atomic E-state index is -0.484. The fourth-order valence-corrected chi connectivity index (χ4v) is 3.99. The highest BCUT2D eigenvalue weighted by molar-refractivity contribution is 6.51. The fourth-order valence-electron chi connectivity index (χ4n) is 3.99. The standard InChI is InChI=1S/C23H20FNO6/c1-30-19-7-12(8-20(31-2)23(19)29)21-17(27)10-18(28)22(21)15-11-25(5-6-26)16-4-3-13(24)9-14(15)16/h3-4,7-9,11,26,29H,5-6,10H2,1-2H3. The number of nitrogens with zero attached hydrogens (tertiary/aromatic N) is 1. The van der Waals surface area contributed by atoms with Gasteiger partial charge in [-0.25, -0.2) is 4.39 Å². The number of halogens is 1. The van der Waals surface area contributed by atoms with Crippen molar-refractivity contribution in [3.05, 3.63) is 53.5 Å². The van der Waals surface area contributed by atoms with E-state index in [1.165, 1.54) is 38.5 Å². The molecule has 2 aromatic carbocycles. The number of aromatic nitrogens is 1. The third-order valence-corrected chi connectivity index (χ3v) is 5.35. The summed E-state index contributed by atoms with van der Waals surface area (Å²) in [5, 5.41) is 20.1. The number of allylic oxidation sites excluding steroid dienone is 2. The van der Waals surface area contributed by atoms with Crippen LogP contribution in [-0.4, -0.2) is 47.2 Å². The normalized spacial score (nSPS) is 14.1. The van der Waals surface area contributed by atoms with Crippen molar-refractivity contribution in [1.82, 2.24) is 4.57 Å². The summed E-state index contributed by atoms with van der Waals surface area (Å²) < 4.78 is 26.1. The first-order valence-electron chi connectivity index (χ1n) is 9.55. The summed E-state index contributed by atoms with van der Waals surface area (Å²) in [5.74, 6) is -1.33. The second-order valence-electron chi connectivity index (χ2n) is 7.12. The molecular weight excluding hydrogens is 405 g/mol. The highest BCUT2D eigenvalue weighted by Gasteiger charge is 2.35. The van der Waals surface area contributed by atoms with Crippen LogP contribution in [0, 0.1) is 5.82 Å². The second-order valence-corrected chi connectivity index (χ2v) is 7.12. The van der Waals surface area contributed by atoms with Gasteiger partial charge in [-0.1, -0.05) is 0 Å². The van der Waals surface area contributed by atoms with Gasteiger partial charge in [-0.05, 0) is 35.9 Å². The number of hydrogen-bond donors (Lipinski definition) is 2. The van der Waals surface area contributed by atoms with Crippen LogP contribution in [0.2, 0.25) is 0 Å². The maximum atomic E-state index is 14.0. The molecule has 0 unspecified atom stereocenters. The molecule has 0 bridgehead atoms. The van der Waals surface area contributed by atoms with E-state index < -0.39 is 17.4 Å². The van der Waals surface area contributed by atoms with Gasteiger partial charge >= 0.3 is 0 Å². The minimum absolute atomic E-state index is 0.0853. The number of aliphatic hydroxyl groups excluding tert-OH is 1. The highest BCUT2D eigenvalue weighted by Crippen LogP contribution is 2.44. The zero-order chi connectivity index (χ0) is 22.3. The van der Waals surface area contributed by atoms with Crippen molar-refractivity contribution < 1.29 is 33.7 Å². The van der Waals surface area contributed by atoms with Crippen molar-refractivity contribution in [2.45, 2.75) is 13.0 Å². The fraction of sp³-hybridized carbons (Fsp3) is 0.217. The summed E-state index contributed by atoms with van der Waals surface area (Å²) in [5.41, 5.74) is 1.68. The second kappa shape index (κ2) is 7.88. The molecule has 3 aromatic rings. The molecule has 0 radical (unpaired) electrons. The van der Waals surface area contributed by atoms with Gasteiger partial charge in [-0.3, -0.25) is 9.59 Å². The van der Waals surface area contributed by atoms with E-state index in [1.54, 1.807) is 16.8 Å². The van der Waals surface area contributed by atoms with Gasteiger partial charge in [0, 0.05) is 40.4 Å². The lowest BCUT2D eigenvalue weighted by atomic mass is 9.95. The Morgan fingerprint density at radius 1 is 1.03 bits per heavy atom. The molecule has 0 fully saturated rings. The topological polar surface area (TPSA) is 98.0 Å². The zero-order valence-corrected chi connectivity index (χ0v) is 16.9. The number of aromatic hydroxyl groups is 1. The predicted molar refractivity (Wildman–Crippen MR) is 112 cm³/mol. The van der Waals surface area contributed by atoms with E-state index in [1.807, 2.05) is 0 Å². The first kappa shape index (κ1) is 20.6. The van der Waals surface area contributed by atoms with Crippen LogP contribution in [0.3, 0.4) is 0 Å². The highest BCUT2D eigenvalue weighted by atomic mass is 19.1. The summed E-state index contributed by atoms with van der Waals surface area (Å²) in [6, 6.07) is 7.08. The molecule has 0 atom stereocenters. The number of ketones is 2. The summed E-state index contributed by atoms with van der Waals surface area (Å²) >= 11 is 0. The maximum absolute atomic E-state index is 14.0. The Kier molecular flexibility index (Phi) is 5.24. The summed E-state index contributed by atoms with van der Waals surface area (Å²) in [6.45, 7) is 0.0967. The molecule has 7 nitrogen and oxygen atoms in total. The van der Waals surface area contributed by atoms with Gasteiger partial charge in [0.2, 0.25) is 5.75 Å². The molecule has 1 heterocycles. The lowest BCUT2D eigenvalue weighted by Gasteiger charge is -2.12. The molecule has 0 spiro atoms. The molecule has 0 aliphatic heterocycles. The van der Waals surface area contributed by atoms with E-state index in [0.29, 0.717) is 22.0 Å². The zero-order valence-electron chi connectivity index (χ0n) is 16.9. The molecule has 0 saturated heterocycles. The van der Waals surface area contributed by atoms with Crippen LogP contribution >= 0.6 is 0 Å². The Labute approximate surface area is 176 Å². The van der Waals surface area contributed by atoms with Crippen LogP contribution in [0.1, 0.15) is 17.5 Å². The van der Waals surface area contributed by atoms with E-state index in [0.717, 1.165) is 0 Å². The number of phenols is 1. The molecule has 160 valence electrons. The number of rotatable bonds is 6. The first-order chi connectivity index (χ1) is 14.9. The Morgan fingerprint density at radius 3 is 2.29 bits per heavy atom. The lowest BCUT2D eigenvalue weighted by molar-refractivity contribution is -0.119. The molecule has 2 N–H and O–H groups in total. The molecule has 31 heavy (non-hydrogen) atoms. The van der Waals surface area contributed by atoms with E-state index in [-0.39, 0.29) is 48.0 Å². The van der Waals surface area contributed by atoms with E-state index >= 15 is 0 Å².